The molecule has 3 rings (SSSR count). The van der Waals surface area contributed by atoms with Gasteiger partial charge in [-0.05, 0) is 37.6 Å². The van der Waals surface area contributed by atoms with Crippen LogP contribution in [-0.2, 0) is 7.05 Å². The Hall–Kier alpha value is -3.48. The molecule has 0 bridgehead atoms. The zero-order valence-electron chi connectivity index (χ0n) is 14.8. The van der Waals surface area contributed by atoms with Crippen molar-refractivity contribution in [2.45, 2.75) is 13.8 Å². The first kappa shape index (κ1) is 17.3. The molecule has 0 aliphatic rings. The van der Waals surface area contributed by atoms with E-state index >= 15 is 0 Å². The molecule has 0 atom stereocenters. The Morgan fingerprint density at radius 2 is 1.88 bits per heavy atom. The lowest BCUT2D eigenvalue weighted by atomic mass is 9.93. The minimum absolute atomic E-state index is 0.0318. The first-order chi connectivity index (χ1) is 12.4. The van der Waals surface area contributed by atoms with Crippen LogP contribution < -0.4 is 5.73 Å². The molecule has 0 spiro atoms. The fraction of sp³-hybridized carbons (Fsp3) is 0.158. The molecule has 26 heavy (non-hydrogen) atoms. The highest BCUT2D eigenvalue weighted by Crippen LogP contribution is 2.42. The number of oxime groups is 1. The average molecular weight is 352 g/mol. The summed E-state index contributed by atoms with van der Waals surface area (Å²) in [6.45, 7) is 7.56. The summed E-state index contributed by atoms with van der Waals surface area (Å²) in [5.74, 6) is 0.756. The van der Waals surface area contributed by atoms with Crippen LogP contribution >= 0.6 is 0 Å². The number of rotatable bonds is 4. The third kappa shape index (κ3) is 2.54. The van der Waals surface area contributed by atoms with Gasteiger partial charge in [0.15, 0.2) is 5.84 Å². The Morgan fingerprint density at radius 3 is 2.38 bits per heavy atom. The van der Waals surface area contributed by atoms with Crippen molar-refractivity contribution in [2.24, 2.45) is 17.9 Å². The lowest BCUT2D eigenvalue weighted by Gasteiger charge is -2.08. The SMILES string of the molecule is C=Cc1c(-c2ccc(O)cc2)c(-c2c(C)noc2C)c(C(N)=NO)n1C. The second-order valence-corrected chi connectivity index (χ2v) is 5.98. The molecule has 4 N–H and O–H groups in total. The number of phenols is 1. The van der Waals surface area contributed by atoms with E-state index in [0.717, 1.165) is 27.9 Å². The number of phenolic OH excluding ortho intramolecular Hbond substituents is 1. The molecule has 0 fully saturated rings. The maximum Gasteiger partial charge on any atom is 0.187 e. The first-order valence-electron chi connectivity index (χ1n) is 7.96. The van der Waals surface area contributed by atoms with Crippen molar-refractivity contribution in [3.05, 3.63) is 53.7 Å². The van der Waals surface area contributed by atoms with Crippen LogP contribution in [0.3, 0.4) is 0 Å². The summed E-state index contributed by atoms with van der Waals surface area (Å²) in [6, 6.07) is 6.82. The maximum atomic E-state index is 9.64. The summed E-state index contributed by atoms with van der Waals surface area (Å²) in [5, 5.41) is 26.2. The number of benzene rings is 1. The van der Waals surface area contributed by atoms with Crippen LogP contribution in [0.1, 0.15) is 22.8 Å². The molecule has 2 heterocycles. The predicted octanol–water partition coefficient (Wildman–Crippen LogP) is 3.41. The molecule has 0 aliphatic heterocycles. The number of hydrogen-bond donors (Lipinski definition) is 3. The molecule has 3 aromatic rings. The van der Waals surface area contributed by atoms with Gasteiger partial charge < -0.3 is 25.1 Å². The van der Waals surface area contributed by atoms with Crippen molar-refractivity contribution in [3.8, 4) is 28.0 Å². The van der Waals surface area contributed by atoms with E-state index in [-0.39, 0.29) is 11.6 Å². The summed E-state index contributed by atoms with van der Waals surface area (Å²) in [6.07, 6.45) is 1.71. The van der Waals surface area contributed by atoms with Crippen LogP contribution in [-0.4, -0.2) is 25.9 Å². The molecular formula is C19H20N4O3. The van der Waals surface area contributed by atoms with Gasteiger partial charge in [0.25, 0.3) is 0 Å². The molecule has 0 saturated heterocycles. The largest absolute Gasteiger partial charge is 0.508 e. The molecular weight excluding hydrogens is 332 g/mol. The van der Waals surface area contributed by atoms with Gasteiger partial charge in [0.2, 0.25) is 0 Å². The molecule has 0 aliphatic carbocycles. The van der Waals surface area contributed by atoms with Gasteiger partial charge in [0.1, 0.15) is 11.5 Å². The molecule has 0 amide bonds. The zero-order chi connectivity index (χ0) is 19.0. The molecule has 0 radical (unpaired) electrons. The number of nitrogens with two attached hydrogens (primary N) is 1. The van der Waals surface area contributed by atoms with E-state index in [0.29, 0.717) is 17.1 Å². The smallest absolute Gasteiger partial charge is 0.187 e. The fourth-order valence-electron chi connectivity index (χ4n) is 3.29. The number of aromatic hydroxyl groups is 1. The van der Waals surface area contributed by atoms with Gasteiger partial charge >= 0.3 is 0 Å². The highest BCUT2D eigenvalue weighted by Gasteiger charge is 2.28. The Morgan fingerprint density at radius 1 is 1.23 bits per heavy atom. The van der Waals surface area contributed by atoms with Crippen LogP contribution in [0.25, 0.3) is 28.3 Å². The standard InChI is InChI=1S/C19H20N4O3/c1-5-14-16(12-6-8-13(24)9-7-12)17(15-10(2)22-26-11(15)3)18(23(14)4)19(20)21-25/h5-9,24-25H,1H2,2-4H3,(H2,20,21). The second-order valence-electron chi connectivity index (χ2n) is 5.98. The second kappa shape index (κ2) is 6.44. The van der Waals surface area contributed by atoms with Crippen molar-refractivity contribution in [1.29, 1.82) is 0 Å². The Labute approximate surface area is 150 Å². The zero-order valence-corrected chi connectivity index (χ0v) is 14.8. The van der Waals surface area contributed by atoms with E-state index in [2.05, 4.69) is 16.9 Å². The predicted molar refractivity (Wildman–Crippen MR) is 100 cm³/mol. The van der Waals surface area contributed by atoms with E-state index in [1.54, 1.807) is 30.3 Å². The highest BCUT2D eigenvalue weighted by molar-refractivity contribution is 6.08. The molecule has 2 aromatic heterocycles. The normalized spacial score (nSPS) is 11.7. The third-order valence-corrected chi connectivity index (χ3v) is 4.42. The van der Waals surface area contributed by atoms with Crippen LogP contribution in [0.2, 0.25) is 0 Å². The summed E-state index contributed by atoms with van der Waals surface area (Å²) >= 11 is 0. The van der Waals surface area contributed by atoms with Gasteiger partial charge in [-0.25, -0.2) is 0 Å². The van der Waals surface area contributed by atoms with Crippen LogP contribution in [0.5, 0.6) is 5.75 Å². The van der Waals surface area contributed by atoms with Gasteiger partial charge in [-0.2, -0.15) is 0 Å². The van der Waals surface area contributed by atoms with E-state index in [1.165, 1.54) is 0 Å². The van der Waals surface area contributed by atoms with Crippen LogP contribution in [0.4, 0.5) is 0 Å². The highest BCUT2D eigenvalue weighted by atomic mass is 16.5. The van der Waals surface area contributed by atoms with Crippen LogP contribution in [0.15, 0.2) is 40.5 Å². The quantitative estimate of drug-likeness (QED) is 0.288. The molecule has 7 heteroatoms. The van der Waals surface area contributed by atoms with Crippen LogP contribution in [0, 0.1) is 13.8 Å². The Bertz CT molecular complexity index is 991. The average Bonchev–Trinajstić information content (AvgIpc) is 3.10. The Kier molecular flexibility index (Phi) is 4.29. The summed E-state index contributed by atoms with van der Waals surface area (Å²) in [5.41, 5.74) is 11.2. The third-order valence-electron chi connectivity index (χ3n) is 4.42. The number of aromatic nitrogens is 2. The molecule has 1 aromatic carbocycles. The summed E-state index contributed by atoms with van der Waals surface area (Å²) < 4.78 is 7.15. The number of amidine groups is 1. The van der Waals surface area contributed by atoms with Crippen molar-refractivity contribution in [2.75, 3.05) is 0 Å². The molecule has 0 unspecified atom stereocenters. The molecule has 7 nitrogen and oxygen atoms in total. The minimum Gasteiger partial charge on any atom is -0.508 e. The van der Waals surface area contributed by atoms with Crippen molar-refractivity contribution in [3.63, 3.8) is 0 Å². The Balaban J connectivity index is 2.50. The van der Waals surface area contributed by atoms with Crippen molar-refractivity contribution in [1.82, 2.24) is 9.72 Å². The first-order valence-corrected chi connectivity index (χ1v) is 7.96. The summed E-state index contributed by atoms with van der Waals surface area (Å²) in [4.78, 5) is 0. The van der Waals surface area contributed by atoms with E-state index < -0.39 is 0 Å². The minimum atomic E-state index is -0.0318. The van der Waals surface area contributed by atoms with Gasteiger partial charge in [-0.1, -0.05) is 29.0 Å². The fourth-order valence-corrected chi connectivity index (χ4v) is 3.29. The number of nitrogens with zero attached hydrogens (tertiary/aromatic N) is 3. The van der Waals surface area contributed by atoms with E-state index in [4.69, 9.17) is 10.3 Å². The van der Waals surface area contributed by atoms with Gasteiger partial charge in [-0.15, -0.1) is 0 Å². The van der Waals surface area contributed by atoms with E-state index in [9.17, 15) is 10.3 Å². The number of aryl methyl sites for hydroxylation is 2. The monoisotopic (exact) mass is 352 g/mol. The van der Waals surface area contributed by atoms with Crippen molar-refractivity contribution < 1.29 is 14.8 Å². The van der Waals surface area contributed by atoms with Gasteiger partial charge in [-0.3, -0.25) is 0 Å². The number of hydrogen-bond acceptors (Lipinski definition) is 5. The van der Waals surface area contributed by atoms with Gasteiger partial charge in [0, 0.05) is 23.9 Å². The van der Waals surface area contributed by atoms with Gasteiger partial charge in [0.05, 0.1) is 17.0 Å². The maximum absolute atomic E-state index is 9.64. The topological polar surface area (TPSA) is 110 Å². The molecule has 0 saturated carbocycles. The summed E-state index contributed by atoms with van der Waals surface area (Å²) in [7, 11) is 1.82. The van der Waals surface area contributed by atoms with E-state index in [1.807, 2.05) is 25.5 Å². The molecule has 134 valence electrons. The lowest BCUT2D eigenvalue weighted by Crippen LogP contribution is -2.18. The lowest BCUT2D eigenvalue weighted by molar-refractivity contribution is 0.318. The van der Waals surface area contributed by atoms with Crippen molar-refractivity contribution >= 4 is 11.9 Å².